The maximum absolute atomic E-state index is 12.1. The summed E-state index contributed by atoms with van der Waals surface area (Å²) < 4.78 is 5.62. The molecule has 2 aliphatic carbocycles. The van der Waals surface area contributed by atoms with E-state index in [0.29, 0.717) is 5.76 Å². The molecule has 98 valence electrons. The van der Waals surface area contributed by atoms with E-state index in [2.05, 4.69) is 0 Å². The SMILES string of the molecule is CN(C)C(=O)C1C(OC2CC2)=CC=CC1[N+](=O)[O-]. The van der Waals surface area contributed by atoms with Gasteiger partial charge in [-0.25, -0.2) is 0 Å². The van der Waals surface area contributed by atoms with E-state index in [1.807, 2.05) is 0 Å². The van der Waals surface area contributed by atoms with Crippen LogP contribution in [-0.4, -0.2) is 42.0 Å². The summed E-state index contributed by atoms with van der Waals surface area (Å²) in [4.78, 5) is 24.1. The van der Waals surface area contributed by atoms with Crippen LogP contribution in [0.15, 0.2) is 24.0 Å². The van der Waals surface area contributed by atoms with Crippen molar-refractivity contribution in [2.24, 2.45) is 5.92 Å². The molecule has 6 heteroatoms. The summed E-state index contributed by atoms with van der Waals surface area (Å²) in [6.45, 7) is 0. The number of hydrogen-bond acceptors (Lipinski definition) is 4. The van der Waals surface area contributed by atoms with E-state index in [4.69, 9.17) is 4.74 Å². The Morgan fingerprint density at radius 2 is 2.17 bits per heavy atom. The molecule has 1 fully saturated rings. The van der Waals surface area contributed by atoms with Gasteiger partial charge in [0.15, 0.2) is 5.92 Å². The molecule has 0 N–H and O–H groups in total. The van der Waals surface area contributed by atoms with E-state index >= 15 is 0 Å². The fraction of sp³-hybridized carbons (Fsp3) is 0.583. The molecule has 2 rings (SSSR count). The third kappa shape index (κ3) is 2.52. The maximum atomic E-state index is 12.1. The summed E-state index contributed by atoms with van der Waals surface area (Å²) in [6.07, 6.45) is 6.70. The number of hydrogen-bond donors (Lipinski definition) is 0. The Morgan fingerprint density at radius 1 is 1.50 bits per heavy atom. The second-order valence-electron chi connectivity index (χ2n) is 4.76. The number of carbonyl (C=O) groups is 1. The highest BCUT2D eigenvalue weighted by atomic mass is 16.6. The molecule has 1 amide bonds. The van der Waals surface area contributed by atoms with Crippen molar-refractivity contribution >= 4 is 5.91 Å². The van der Waals surface area contributed by atoms with Crippen molar-refractivity contribution in [3.8, 4) is 0 Å². The van der Waals surface area contributed by atoms with Crippen LogP contribution in [0.4, 0.5) is 0 Å². The zero-order valence-corrected chi connectivity index (χ0v) is 10.4. The minimum atomic E-state index is -1.04. The monoisotopic (exact) mass is 252 g/mol. The van der Waals surface area contributed by atoms with Gasteiger partial charge < -0.3 is 9.64 Å². The van der Waals surface area contributed by atoms with E-state index in [1.54, 1.807) is 26.2 Å². The quantitative estimate of drug-likeness (QED) is 0.552. The fourth-order valence-corrected chi connectivity index (χ4v) is 1.88. The molecule has 0 radical (unpaired) electrons. The van der Waals surface area contributed by atoms with Crippen molar-refractivity contribution in [1.29, 1.82) is 0 Å². The molecule has 6 nitrogen and oxygen atoms in total. The van der Waals surface area contributed by atoms with Gasteiger partial charge in [-0.1, -0.05) is 6.08 Å². The first-order valence-electron chi connectivity index (χ1n) is 5.90. The Morgan fingerprint density at radius 3 is 2.67 bits per heavy atom. The first-order valence-corrected chi connectivity index (χ1v) is 5.90. The smallest absolute Gasteiger partial charge is 0.250 e. The van der Waals surface area contributed by atoms with Crippen LogP contribution in [0.5, 0.6) is 0 Å². The van der Waals surface area contributed by atoms with Gasteiger partial charge in [-0.2, -0.15) is 0 Å². The zero-order valence-electron chi connectivity index (χ0n) is 10.4. The summed E-state index contributed by atoms with van der Waals surface area (Å²) in [5, 5.41) is 11.0. The predicted octanol–water partition coefficient (Wildman–Crippen LogP) is 0.969. The van der Waals surface area contributed by atoms with Crippen LogP contribution in [-0.2, 0) is 9.53 Å². The van der Waals surface area contributed by atoms with Crippen molar-refractivity contribution in [3.63, 3.8) is 0 Å². The van der Waals surface area contributed by atoms with Crippen LogP contribution < -0.4 is 0 Å². The van der Waals surface area contributed by atoms with Gasteiger partial charge in [0, 0.05) is 19.0 Å². The summed E-state index contributed by atoms with van der Waals surface area (Å²) >= 11 is 0. The van der Waals surface area contributed by atoms with Gasteiger partial charge in [0.1, 0.15) is 5.76 Å². The fourth-order valence-electron chi connectivity index (χ4n) is 1.88. The number of nitrogens with zero attached hydrogens (tertiary/aromatic N) is 2. The van der Waals surface area contributed by atoms with Crippen LogP contribution in [0.3, 0.4) is 0 Å². The van der Waals surface area contributed by atoms with Crippen LogP contribution in [0, 0.1) is 16.0 Å². The molecule has 0 spiro atoms. The van der Waals surface area contributed by atoms with Gasteiger partial charge >= 0.3 is 0 Å². The van der Waals surface area contributed by atoms with Crippen LogP contribution in [0.2, 0.25) is 0 Å². The molecule has 18 heavy (non-hydrogen) atoms. The minimum absolute atomic E-state index is 0.118. The average Bonchev–Trinajstić information content (AvgIpc) is 3.11. The van der Waals surface area contributed by atoms with E-state index in [0.717, 1.165) is 12.8 Å². The second kappa shape index (κ2) is 4.80. The summed E-state index contributed by atoms with van der Waals surface area (Å²) in [5.41, 5.74) is 0. The van der Waals surface area contributed by atoms with Crippen molar-refractivity contribution in [3.05, 3.63) is 34.1 Å². The largest absolute Gasteiger partial charge is 0.494 e. The summed E-state index contributed by atoms with van der Waals surface area (Å²) in [5.74, 6) is -0.728. The van der Waals surface area contributed by atoms with Crippen LogP contribution in [0.1, 0.15) is 12.8 Å². The normalized spacial score (nSPS) is 26.4. The lowest BCUT2D eigenvalue weighted by Crippen LogP contribution is -2.42. The molecule has 0 saturated heterocycles. The minimum Gasteiger partial charge on any atom is -0.494 e. The summed E-state index contributed by atoms with van der Waals surface area (Å²) in [6, 6.07) is -1.04. The Kier molecular flexibility index (Phi) is 3.36. The van der Waals surface area contributed by atoms with E-state index in [1.165, 1.54) is 11.0 Å². The maximum Gasteiger partial charge on any atom is 0.250 e. The average molecular weight is 252 g/mol. The van der Waals surface area contributed by atoms with Crippen LogP contribution >= 0.6 is 0 Å². The van der Waals surface area contributed by atoms with Gasteiger partial charge in [-0.15, -0.1) is 0 Å². The van der Waals surface area contributed by atoms with Gasteiger partial charge in [-0.05, 0) is 25.0 Å². The van der Waals surface area contributed by atoms with Gasteiger partial charge in [0.25, 0.3) is 0 Å². The van der Waals surface area contributed by atoms with Crippen molar-refractivity contribution < 1.29 is 14.5 Å². The third-order valence-corrected chi connectivity index (χ3v) is 2.99. The second-order valence-corrected chi connectivity index (χ2v) is 4.76. The number of carbonyl (C=O) groups excluding carboxylic acids is 1. The van der Waals surface area contributed by atoms with Gasteiger partial charge in [0.05, 0.1) is 6.10 Å². The highest BCUT2D eigenvalue weighted by Crippen LogP contribution is 2.33. The van der Waals surface area contributed by atoms with E-state index < -0.39 is 16.9 Å². The predicted molar refractivity (Wildman–Crippen MR) is 64.3 cm³/mol. The zero-order chi connectivity index (χ0) is 13.3. The first-order chi connectivity index (χ1) is 8.50. The molecule has 0 aromatic carbocycles. The molecular formula is C12H16N2O4. The lowest BCUT2D eigenvalue weighted by molar-refractivity contribution is -0.515. The third-order valence-electron chi connectivity index (χ3n) is 2.99. The van der Waals surface area contributed by atoms with Crippen molar-refractivity contribution in [2.45, 2.75) is 25.0 Å². The molecule has 2 unspecified atom stereocenters. The lowest BCUT2D eigenvalue weighted by Gasteiger charge is -2.25. The highest BCUT2D eigenvalue weighted by Gasteiger charge is 2.43. The topological polar surface area (TPSA) is 72.7 Å². The van der Waals surface area contributed by atoms with Gasteiger partial charge in [-0.3, -0.25) is 14.9 Å². The molecule has 1 saturated carbocycles. The number of allylic oxidation sites excluding steroid dienone is 2. The summed E-state index contributed by atoms with van der Waals surface area (Å²) in [7, 11) is 3.18. The lowest BCUT2D eigenvalue weighted by atomic mass is 9.92. The molecule has 0 aromatic heterocycles. The Balaban J connectivity index is 2.24. The standard InChI is InChI=1S/C12H16N2O4/c1-13(2)12(15)11-9(14(16)17)4-3-5-10(11)18-8-6-7-8/h3-5,8-9,11H,6-7H2,1-2H3. The Hall–Kier alpha value is -1.85. The molecule has 2 aliphatic rings. The molecule has 0 aliphatic heterocycles. The van der Waals surface area contributed by atoms with Gasteiger partial charge in [0.2, 0.25) is 11.9 Å². The number of ether oxygens (including phenoxy) is 1. The molecule has 0 bridgehead atoms. The van der Waals surface area contributed by atoms with Crippen molar-refractivity contribution in [1.82, 2.24) is 4.90 Å². The number of amides is 1. The molecule has 0 aromatic rings. The Labute approximate surface area is 105 Å². The first kappa shape index (κ1) is 12.6. The van der Waals surface area contributed by atoms with E-state index in [9.17, 15) is 14.9 Å². The molecule has 0 heterocycles. The highest BCUT2D eigenvalue weighted by molar-refractivity contribution is 5.82. The van der Waals surface area contributed by atoms with Crippen LogP contribution in [0.25, 0.3) is 0 Å². The molecular weight excluding hydrogens is 236 g/mol. The number of nitro groups is 1. The number of rotatable bonds is 4. The van der Waals surface area contributed by atoms with E-state index in [-0.39, 0.29) is 12.0 Å². The van der Waals surface area contributed by atoms with Crippen molar-refractivity contribution in [2.75, 3.05) is 14.1 Å². The Bertz CT molecular complexity index is 424. The molecule has 2 atom stereocenters.